The van der Waals surface area contributed by atoms with Crippen LogP contribution in [-0.4, -0.2) is 24.5 Å². The zero-order chi connectivity index (χ0) is 13.5. The molecule has 0 aliphatic rings. The molecule has 102 valence electrons. The van der Waals surface area contributed by atoms with Crippen LogP contribution in [0.4, 0.5) is 0 Å². The molecule has 0 aliphatic carbocycles. The van der Waals surface area contributed by atoms with E-state index in [1.165, 1.54) is 5.56 Å². The van der Waals surface area contributed by atoms with Crippen molar-refractivity contribution in [3.8, 4) is 0 Å². The lowest BCUT2D eigenvalue weighted by Gasteiger charge is -2.31. The van der Waals surface area contributed by atoms with Crippen LogP contribution in [0.3, 0.4) is 0 Å². The van der Waals surface area contributed by atoms with Crippen LogP contribution in [0.5, 0.6) is 0 Å². The highest BCUT2D eigenvalue weighted by atomic mass is 79.9. The smallest absolute Gasteiger partial charge is 0.0548 e. The number of halogens is 2. The minimum Gasteiger partial charge on any atom is -0.329 e. The maximum atomic E-state index is 6.04. The lowest BCUT2D eigenvalue weighted by atomic mass is 10.0. The Morgan fingerprint density at radius 3 is 2.33 bits per heavy atom. The van der Waals surface area contributed by atoms with Gasteiger partial charge in [-0.2, -0.15) is 0 Å². The number of benzene rings is 1. The van der Waals surface area contributed by atoms with Crippen molar-refractivity contribution >= 4 is 27.5 Å². The average molecular weight is 334 g/mol. The maximum absolute atomic E-state index is 6.04. The van der Waals surface area contributed by atoms with Crippen molar-refractivity contribution in [3.05, 3.63) is 33.3 Å². The molecule has 2 nitrogen and oxygen atoms in total. The summed E-state index contributed by atoms with van der Waals surface area (Å²) in [6.45, 7) is 7.20. The van der Waals surface area contributed by atoms with E-state index in [0.29, 0.717) is 6.54 Å². The van der Waals surface area contributed by atoms with Gasteiger partial charge >= 0.3 is 0 Å². The van der Waals surface area contributed by atoms with Crippen LogP contribution in [0.1, 0.15) is 38.3 Å². The second-order valence-electron chi connectivity index (χ2n) is 4.46. The van der Waals surface area contributed by atoms with Crippen LogP contribution in [0, 0.1) is 0 Å². The number of hydrogen-bond acceptors (Lipinski definition) is 2. The Hall–Kier alpha value is -0.0900. The van der Waals surface area contributed by atoms with Crippen LogP contribution in [-0.2, 0) is 0 Å². The molecule has 0 aromatic heterocycles. The predicted molar refractivity (Wildman–Crippen MR) is 83.1 cm³/mol. The average Bonchev–Trinajstić information content (AvgIpc) is 2.35. The zero-order valence-electron chi connectivity index (χ0n) is 11.1. The van der Waals surface area contributed by atoms with Gasteiger partial charge in [0.25, 0.3) is 0 Å². The maximum Gasteiger partial charge on any atom is 0.0548 e. The van der Waals surface area contributed by atoms with E-state index in [9.17, 15) is 0 Å². The monoisotopic (exact) mass is 332 g/mol. The van der Waals surface area contributed by atoms with Gasteiger partial charge < -0.3 is 5.73 Å². The van der Waals surface area contributed by atoms with Crippen molar-refractivity contribution < 1.29 is 0 Å². The van der Waals surface area contributed by atoms with E-state index < -0.39 is 0 Å². The predicted octanol–water partition coefficient (Wildman–Crippen LogP) is 4.22. The number of rotatable bonds is 7. The molecule has 1 rings (SSSR count). The SMILES string of the molecule is CCCN(CCC)C(CN)c1ccc(Cl)c(Br)c1. The van der Waals surface area contributed by atoms with E-state index in [4.69, 9.17) is 17.3 Å². The molecule has 0 bridgehead atoms. The molecule has 0 fully saturated rings. The van der Waals surface area contributed by atoms with Crippen molar-refractivity contribution in [1.82, 2.24) is 4.90 Å². The first-order valence-electron chi connectivity index (χ1n) is 6.53. The van der Waals surface area contributed by atoms with Gasteiger partial charge in [0.15, 0.2) is 0 Å². The summed E-state index contributed by atoms with van der Waals surface area (Å²) in [5.41, 5.74) is 7.20. The molecule has 1 unspecified atom stereocenters. The minimum atomic E-state index is 0.276. The number of nitrogens with two attached hydrogens (primary N) is 1. The summed E-state index contributed by atoms with van der Waals surface area (Å²) in [5.74, 6) is 0. The van der Waals surface area contributed by atoms with Gasteiger partial charge in [0, 0.05) is 17.1 Å². The van der Waals surface area contributed by atoms with Gasteiger partial charge in [0.05, 0.1) is 5.02 Å². The van der Waals surface area contributed by atoms with Gasteiger partial charge in [-0.05, 0) is 59.6 Å². The summed E-state index contributed by atoms with van der Waals surface area (Å²) in [4.78, 5) is 2.45. The fourth-order valence-electron chi connectivity index (χ4n) is 2.21. The third-order valence-corrected chi connectivity index (χ3v) is 4.23. The number of nitrogens with zero attached hydrogens (tertiary/aromatic N) is 1. The zero-order valence-corrected chi connectivity index (χ0v) is 13.5. The molecular weight excluding hydrogens is 312 g/mol. The van der Waals surface area contributed by atoms with Gasteiger partial charge in [0.1, 0.15) is 0 Å². The summed E-state index contributed by atoms with van der Waals surface area (Å²) in [6.07, 6.45) is 2.29. The highest BCUT2D eigenvalue weighted by molar-refractivity contribution is 9.10. The Labute approximate surface area is 124 Å². The molecule has 1 aromatic rings. The Morgan fingerprint density at radius 1 is 1.28 bits per heavy atom. The molecule has 4 heteroatoms. The Kier molecular flexibility index (Phi) is 7.23. The minimum absolute atomic E-state index is 0.276. The lowest BCUT2D eigenvalue weighted by Crippen LogP contribution is -2.35. The third kappa shape index (κ3) is 4.23. The molecule has 0 spiro atoms. The normalized spacial score (nSPS) is 13.0. The van der Waals surface area contributed by atoms with Crippen molar-refractivity contribution in [2.45, 2.75) is 32.7 Å². The first kappa shape index (κ1) is 16.0. The quantitative estimate of drug-likeness (QED) is 0.809. The molecule has 0 radical (unpaired) electrons. The molecule has 1 aromatic carbocycles. The van der Waals surface area contributed by atoms with E-state index in [0.717, 1.165) is 35.4 Å². The molecule has 0 saturated carbocycles. The van der Waals surface area contributed by atoms with Crippen molar-refractivity contribution in [2.24, 2.45) is 5.73 Å². The second kappa shape index (κ2) is 8.16. The van der Waals surface area contributed by atoms with E-state index >= 15 is 0 Å². The molecule has 0 aliphatic heterocycles. The Balaban J connectivity index is 2.94. The van der Waals surface area contributed by atoms with Crippen molar-refractivity contribution in [3.63, 3.8) is 0 Å². The van der Waals surface area contributed by atoms with Crippen LogP contribution < -0.4 is 5.73 Å². The summed E-state index contributed by atoms with van der Waals surface area (Å²) in [6, 6.07) is 6.36. The van der Waals surface area contributed by atoms with E-state index in [2.05, 4.69) is 46.8 Å². The molecule has 1 atom stereocenters. The van der Waals surface area contributed by atoms with Crippen LogP contribution in [0.15, 0.2) is 22.7 Å². The van der Waals surface area contributed by atoms with Crippen LogP contribution >= 0.6 is 27.5 Å². The van der Waals surface area contributed by atoms with Gasteiger partial charge in [-0.15, -0.1) is 0 Å². The van der Waals surface area contributed by atoms with Gasteiger partial charge in [0.2, 0.25) is 0 Å². The summed E-state index contributed by atoms with van der Waals surface area (Å²) < 4.78 is 0.938. The first-order chi connectivity index (χ1) is 8.63. The van der Waals surface area contributed by atoms with Crippen LogP contribution in [0.25, 0.3) is 0 Å². The summed E-state index contributed by atoms with van der Waals surface area (Å²) >= 11 is 9.52. The van der Waals surface area contributed by atoms with E-state index in [-0.39, 0.29) is 6.04 Å². The van der Waals surface area contributed by atoms with Crippen molar-refractivity contribution in [1.29, 1.82) is 0 Å². The van der Waals surface area contributed by atoms with Gasteiger partial charge in [-0.25, -0.2) is 0 Å². The topological polar surface area (TPSA) is 29.3 Å². The first-order valence-corrected chi connectivity index (χ1v) is 7.70. The molecule has 2 N–H and O–H groups in total. The third-order valence-electron chi connectivity index (χ3n) is 3.01. The second-order valence-corrected chi connectivity index (χ2v) is 5.72. The standard InChI is InChI=1S/C14H22BrClN2/c1-3-7-18(8-4-2)14(10-17)11-5-6-13(16)12(15)9-11/h5-6,9,14H,3-4,7-8,10,17H2,1-2H3. The largest absolute Gasteiger partial charge is 0.329 e. The van der Waals surface area contributed by atoms with E-state index in [1.807, 2.05) is 6.07 Å². The van der Waals surface area contributed by atoms with Gasteiger partial charge in [-0.1, -0.05) is 31.5 Å². The Bertz CT molecular complexity index is 365. The molecule has 0 saturated heterocycles. The lowest BCUT2D eigenvalue weighted by molar-refractivity contribution is 0.202. The highest BCUT2D eigenvalue weighted by Gasteiger charge is 2.18. The fourth-order valence-corrected chi connectivity index (χ4v) is 2.73. The molecular formula is C14H22BrClN2. The molecule has 18 heavy (non-hydrogen) atoms. The number of hydrogen-bond donors (Lipinski definition) is 1. The van der Waals surface area contributed by atoms with Crippen molar-refractivity contribution in [2.75, 3.05) is 19.6 Å². The fraction of sp³-hybridized carbons (Fsp3) is 0.571. The van der Waals surface area contributed by atoms with Gasteiger partial charge in [-0.3, -0.25) is 4.90 Å². The Morgan fingerprint density at radius 2 is 1.89 bits per heavy atom. The van der Waals surface area contributed by atoms with E-state index in [1.54, 1.807) is 0 Å². The van der Waals surface area contributed by atoms with Crippen LogP contribution in [0.2, 0.25) is 5.02 Å². The molecule has 0 heterocycles. The summed E-state index contributed by atoms with van der Waals surface area (Å²) in [7, 11) is 0. The highest BCUT2D eigenvalue weighted by Crippen LogP contribution is 2.28. The molecule has 0 amide bonds. The summed E-state index contributed by atoms with van der Waals surface area (Å²) in [5, 5.41) is 0.743.